The van der Waals surface area contributed by atoms with Crippen LogP contribution in [0, 0.1) is 24.0 Å². The highest BCUT2D eigenvalue weighted by Crippen LogP contribution is 2.24. The van der Waals surface area contributed by atoms with Gasteiger partial charge in [-0.3, -0.25) is 24.3 Å². The van der Waals surface area contributed by atoms with E-state index in [-0.39, 0.29) is 11.6 Å². The zero-order valence-corrected chi connectivity index (χ0v) is 19.7. The molecule has 3 heterocycles. The third-order valence-corrected chi connectivity index (χ3v) is 6.39. The monoisotopic (exact) mass is 514 g/mol. The summed E-state index contributed by atoms with van der Waals surface area (Å²) in [7, 11) is 0. The summed E-state index contributed by atoms with van der Waals surface area (Å²) in [5.74, 6) is -0.233. The van der Waals surface area contributed by atoms with E-state index in [1.54, 1.807) is 41.7 Å². The number of benzene rings is 1. The molecule has 4 aromatic rings. The predicted molar refractivity (Wildman–Crippen MR) is 125 cm³/mol. The molecular formula is C21H19BrN6O3S. The molecule has 0 bridgehead atoms. The average Bonchev–Trinajstić information content (AvgIpc) is 3.44. The van der Waals surface area contributed by atoms with Crippen LogP contribution in [-0.4, -0.2) is 30.4 Å². The highest BCUT2D eigenvalue weighted by molar-refractivity contribution is 9.10. The fraction of sp³-hybridized carbons (Fsp3) is 0.190. The van der Waals surface area contributed by atoms with Gasteiger partial charge in [-0.15, -0.1) is 11.3 Å². The van der Waals surface area contributed by atoms with Crippen molar-refractivity contribution in [2.45, 2.75) is 26.9 Å². The summed E-state index contributed by atoms with van der Waals surface area (Å²) < 4.78 is 4.36. The van der Waals surface area contributed by atoms with Crippen molar-refractivity contribution in [3.05, 3.63) is 90.1 Å². The van der Waals surface area contributed by atoms with Crippen molar-refractivity contribution in [1.82, 2.24) is 19.6 Å². The molecule has 0 saturated carbocycles. The Kier molecular flexibility index (Phi) is 6.19. The lowest BCUT2D eigenvalue weighted by Gasteiger charge is -2.02. The van der Waals surface area contributed by atoms with Gasteiger partial charge in [0.1, 0.15) is 11.4 Å². The first-order chi connectivity index (χ1) is 15.3. The average molecular weight is 515 g/mol. The predicted octanol–water partition coefficient (Wildman–Crippen LogP) is 4.78. The molecule has 0 aliphatic heterocycles. The quantitative estimate of drug-likeness (QED) is 0.282. The van der Waals surface area contributed by atoms with Gasteiger partial charge in [-0.1, -0.05) is 28.1 Å². The van der Waals surface area contributed by atoms with Crippen LogP contribution in [0.15, 0.2) is 52.6 Å². The van der Waals surface area contributed by atoms with Gasteiger partial charge >= 0.3 is 5.69 Å². The highest BCUT2D eigenvalue weighted by Gasteiger charge is 2.22. The van der Waals surface area contributed by atoms with Crippen LogP contribution in [-0.2, 0) is 13.1 Å². The Morgan fingerprint density at radius 3 is 2.66 bits per heavy atom. The summed E-state index contributed by atoms with van der Waals surface area (Å²) in [6, 6.07) is 9.73. The van der Waals surface area contributed by atoms with Crippen molar-refractivity contribution in [2.75, 3.05) is 5.32 Å². The molecule has 1 N–H and O–H groups in total. The van der Waals surface area contributed by atoms with E-state index in [0.29, 0.717) is 35.0 Å². The third-order valence-electron chi connectivity index (χ3n) is 4.88. The molecule has 3 aromatic heterocycles. The van der Waals surface area contributed by atoms with Crippen molar-refractivity contribution in [1.29, 1.82) is 0 Å². The van der Waals surface area contributed by atoms with Crippen LogP contribution >= 0.6 is 27.3 Å². The van der Waals surface area contributed by atoms with Gasteiger partial charge in [0.2, 0.25) is 0 Å². The number of aromatic nitrogens is 4. The van der Waals surface area contributed by atoms with Crippen LogP contribution in [0.1, 0.15) is 32.2 Å². The second-order valence-electron chi connectivity index (χ2n) is 7.26. The smallest absolute Gasteiger partial charge is 0.312 e. The number of halogens is 1. The second kappa shape index (κ2) is 9.05. The van der Waals surface area contributed by atoms with Crippen LogP contribution in [0.4, 0.5) is 11.4 Å². The number of hydrogen-bond donors (Lipinski definition) is 1. The van der Waals surface area contributed by atoms with Gasteiger partial charge in [0.15, 0.2) is 0 Å². The van der Waals surface area contributed by atoms with E-state index < -0.39 is 4.92 Å². The lowest BCUT2D eigenvalue weighted by Crippen LogP contribution is -2.10. The molecule has 0 radical (unpaired) electrons. The van der Waals surface area contributed by atoms with Gasteiger partial charge < -0.3 is 5.32 Å². The molecule has 0 atom stereocenters. The van der Waals surface area contributed by atoms with E-state index in [2.05, 4.69) is 31.4 Å². The lowest BCUT2D eigenvalue weighted by molar-refractivity contribution is -0.386. The zero-order valence-electron chi connectivity index (χ0n) is 17.3. The number of amides is 1. The molecule has 9 nitrogen and oxygen atoms in total. The van der Waals surface area contributed by atoms with E-state index >= 15 is 0 Å². The summed E-state index contributed by atoms with van der Waals surface area (Å²) in [6.07, 6.45) is 3.39. The number of nitrogens with one attached hydrogen (secondary N) is 1. The SMILES string of the molecule is Cc1nn(Cc2csc(C(=O)Nc3cnn(Cc4ccc(Br)cc4)c3)c2)c(C)c1[N+](=O)[O-]. The minimum absolute atomic E-state index is 0.0262. The Morgan fingerprint density at radius 2 is 1.97 bits per heavy atom. The van der Waals surface area contributed by atoms with E-state index in [1.807, 2.05) is 29.6 Å². The maximum absolute atomic E-state index is 12.6. The topological polar surface area (TPSA) is 108 Å². The minimum Gasteiger partial charge on any atom is -0.319 e. The molecule has 0 aliphatic carbocycles. The number of nitrogens with zero attached hydrogens (tertiary/aromatic N) is 5. The van der Waals surface area contributed by atoms with Crippen molar-refractivity contribution < 1.29 is 9.72 Å². The van der Waals surface area contributed by atoms with Gasteiger partial charge in [-0.05, 0) is 48.6 Å². The molecule has 32 heavy (non-hydrogen) atoms. The van der Waals surface area contributed by atoms with Crippen molar-refractivity contribution in [2.24, 2.45) is 0 Å². The van der Waals surface area contributed by atoms with Crippen LogP contribution < -0.4 is 5.32 Å². The molecular weight excluding hydrogens is 496 g/mol. The number of carbonyl (C=O) groups excluding carboxylic acids is 1. The Labute approximate surface area is 196 Å². The summed E-state index contributed by atoms with van der Waals surface area (Å²) in [5, 5.41) is 24.5. The molecule has 0 saturated heterocycles. The van der Waals surface area contributed by atoms with Crippen LogP contribution in [0.3, 0.4) is 0 Å². The van der Waals surface area contributed by atoms with E-state index in [0.717, 1.165) is 15.6 Å². The minimum atomic E-state index is -0.419. The third kappa shape index (κ3) is 4.78. The molecule has 0 fully saturated rings. The molecule has 0 aliphatic rings. The summed E-state index contributed by atoms with van der Waals surface area (Å²) in [4.78, 5) is 23.9. The second-order valence-corrected chi connectivity index (χ2v) is 9.09. The Morgan fingerprint density at radius 1 is 1.22 bits per heavy atom. The van der Waals surface area contributed by atoms with Crippen molar-refractivity contribution >= 4 is 44.5 Å². The molecule has 1 aromatic carbocycles. The van der Waals surface area contributed by atoms with E-state index in [1.165, 1.54) is 11.3 Å². The van der Waals surface area contributed by atoms with Crippen molar-refractivity contribution in [3.63, 3.8) is 0 Å². The highest BCUT2D eigenvalue weighted by atomic mass is 79.9. The van der Waals surface area contributed by atoms with Crippen LogP contribution in [0.25, 0.3) is 0 Å². The number of rotatable bonds is 7. The van der Waals surface area contributed by atoms with Gasteiger partial charge in [0, 0.05) is 10.7 Å². The van der Waals surface area contributed by atoms with E-state index in [9.17, 15) is 14.9 Å². The van der Waals surface area contributed by atoms with Gasteiger partial charge in [0.05, 0.1) is 34.8 Å². The van der Waals surface area contributed by atoms with Gasteiger partial charge in [0.25, 0.3) is 5.91 Å². The summed E-state index contributed by atoms with van der Waals surface area (Å²) >= 11 is 4.73. The fourth-order valence-corrected chi connectivity index (χ4v) is 4.40. The Balaban J connectivity index is 1.40. The molecule has 0 spiro atoms. The van der Waals surface area contributed by atoms with Gasteiger partial charge in [-0.25, -0.2) is 0 Å². The normalized spacial score (nSPS) is 11.0. The largest absolute Gasteiger partial charge is 0.319 e. The molecule has 1 amide bonds. The first-order valence-corrected chi connectivity index (χ1v) is 11.3. The first kappa shape index (κ1) is 21.9. The first-order valence-electron chi connectivity index (χ1n) is 9.64. The number of nitro groups is 1. The number of aryl methyl sites for hydroxylation is 1. The number of carbonyl (C=O) groups is 1. The number of anilines is 1. The molecule has 4 rings (SSSR count). The standard InChI is InChI=1S/C21H19BrN6O3S/c1-13-20(28(30)31)14(2)27(25-13)10-16-7-19(32-12-16)21(29)24-18-8-23-26(11-18)9-15-3-5-17(22)6-4-15/h3-8,11-12H,9-10H2,1-2H3,(H,24,29). The van der Waals surface area contributed by atoms with Gasteiger partial charge in [-0.2, -0.15) is 10.2 Å². The Bertz CT molecular complexity index is 1290. The maximum atomic E-state index is 12.6. The molecule has 0 unspecified atom stereocenters. The summed E-state index contributed by atoms with van der Waals surface area (Å²) in [6.45, 7) is 4.24. The number of hydrogen-bond acceptors (Lipinski definition) is 6. The molecule has 164 valence electrons. The Hall–Kier alpha value is -3.31. The summed E-state index contributed by atoms with van der Waals surface area (Å²) in [5.41, 5.74) is 3.45. The number of thiophene rings is 1. The van der Waals surface area contributed by atoms with Crippen molar-refractivity contribution in [3.8, 4) is 0 Å². The fourth-order valence-electron chi connectivity index (χ4n) is 3.34. The van der Waals surface area contributed by atoms with E-state index in [4.69, 9.17) is 0 Å². The zero-order chi connectivity index (χ0) is 22.8. The maximum Gasteiger partial charge on any atom is 0.312 e. The van der Waals surface area contributed by atoms with Crippen LogP contribution in [0.5, 0.6) is 0 Å². The lowest BCUT2D eigenvalue weighted by atomic mass is 10.2. The molecule has 11 heteroatoms. The van der Waals surface area contributed by atoms with Crippen LogP contribution in [0.2, 0.25) is 0 Å².